The fourth-order valence-corrected chi connectivity index (χ4v) is 2.87. The maximum Gasteiger partial charge on any atom is 0.265 e. The molecule has 0 aliphatic carbocycles. The predicted octanol–water partition coefficient (Wildman–Crippen LogP) is 3.36. The van der Waals surface area contributed by atoms with Crippen LogP contribution in [-0.4, -0.2) is 20.3 Å². The van der Waals surface area contributed by atoms with Gasteiger partial charge in [-0.05, 0) is 18.2 Å². The van der Waals surface area contributed by atoms with E-state index in [0.717, 1.165) is 16.4 Å². The number of carbonyl (C=O) groups excluding carboxylic acids is 1. The van der Waals surface area contributed by atoms with Crippen LogP contribution in [0, 0.1) is 5.82 Å². The minimum Gasteiger partial charge on any atom is -0.272 e. The lowest BCUT2D eigenvalue weighted by Gasteiger charge is -2.06. The van der Waals surface area contributed by atoms with Crippen LogP contribution in [0.5, 0.6) is 0 Å². The molecule has 0 radical (unpaired) electrons. The molecule has 0 amide bonds. The molecule has 4 nitrogen and oxygen atoms in total. The summed E-state index contributed by atoms with van der Waals surface area (Å²) in [6, 6.07) is 13.6. The minimum atomic E-state index is -0.526. The first-order valence-electron chi connectivity index (χ1n) is 6.89. The van der Waals surface area contributed by atoms with Crippen molar-refractivity contribution in [3.05, 3.63) is 66.1 Å². The standard InChI is InChI=1S/C17H12FN3O/c1-20-16-12-7-3-5-9-14(12)21(15(16)10-19-20)17(22)11-6-2-4-8-13(11)18/h2-10H,1H3. The SMILES string of the molecule is Cn1ncc2c1c1ccccc1n2C(=O)c1ccccc1F. The molecular weight excluding hydrogens is 281 g/mol. The van der Waals surface area contributed by atoms with Gasteiger partial charge in [-0.2, -0.15) is 5.10 Å². The lowest BCUT2D eigenvalue weighted by atomic mass is 10.2. The summed E-state index contributed by atoms with van der Waals surface area (Å²) in [6.45, 7) is 0. The Morgan fingerprint density at radius 1 is 1.05 bits per heavy atom. The molecule has 4 rings (SSSR count). The second-order valence-corrected chi connectivity index (χ2v) is 5.14. The third-order valence-electron chi connectivity index (χ3n) is 3.87. The molecule has 4 aromatic rings. The fourth-order valence-electron chi connectivity index (χ4n) is 2.87. The van der Waals surface area contributed by atoms with Crippen molar-refractivity contribution in [1.29, 1.82) is 0 Å². The highest BCUT2D eigenvalue weighted by molar-refractivity contribution is 6.15. The summed E-state index contributed by atoms with van der Waals surface area (Å²) < 4.78 is 17.2. The van der Waals surface area contributed by atoms with E-state index < -0.39 is 11.7 Å². The summed E-state index contributed by atoms with van der Waals surface area (Å²) in [6.07, 6.45) is 1.63. The lowest BCUT2D eigenvalue weighted by molar-refractivity contribution is 0.0965. The van der Waals surface area contributed by atoms with Gasteiger partial charge < -0.3 is 0 Å². The molecule has 0 bridgehead atoms. The van der Waals surface area contributed by atoms with E-state index >= 15 is 0 Å². The van der Waals surface area contributed by atoms with E-state index in [2.05, 4.69) is 5.10 Å². The number of hydrogen-bond acceptors (Lipinski definition) is 2. The molecule has 0 aliphatic rings. The summed E-state index contributed by atoms with van der Waals surface area (Å²) in [7, 11) is 1.83. The zero-order chi connectivity index (χ0) is 15.3. The first kappa shape index (κ1) is 12.8. The molecule has 2 aromatic heterocycles. The van der Waals surface area contributed by atoms with Gasteiger partial charge in [0, 0.05) is 12.4 Å². The number of hydrogen-bond donors (Lipinski definition) is 0. The molecule has 2 heterocycles. The molecule has 2 aromatic carbocycles. The van der Waals surface area contributed by atoms with E-state index in [0.29, 0.717) is 5.52 Å². The summed E-state index contributed by atoms with van der Waals surface area (Å²) in [5, 5.41) is 5.13. The number of aromatic nitrogens is 3. The van der Waals surface area contributed by atoms with Crippen LogP contribution in [0.1, 0.15) is 10.4 Å². The number of benzene rings is 2. The van der Waals surface area contributed by atoms with Crippen molar-refractivity contribution in [2.75, 3.05) is 0 Å². The van der Waals surface area contributed by atoms with Gasteiger partial charge in [-0.15, -0.1) is 0 Å². The number of carbonyl (C=O) groups is 1. The van der Waals surface area contributed by atoms with Gasteiger partial charge in [0.25, 0.3) is 5.91 Å². The Kier molecular flexibility index (Phi) is 2.63. The van der Waals surface area contributed by atoms with Crippen LogP contribution >= 0.6 is 0 Å². The van der Waals surface area contributed by atoms with Crippen molar-refractivity contribution in [3.63, 3.8) is 0 Å². The van der Waals surface area contributed by atoms with Crippen LogP contribution in [0.25, 0.3) is 21.9 Å². The maximum atomic E-state index is 14.0. The van der Waals surface area contributed by atoms with Crippen LogP contribution in [0.3, 0.4) is 0 Å². The van der Waals surface area contributed by atoms with Crippen LogP contribution in [0.15, 0.2) is 54.7 Å². The topological polar surface area (TPSA) is 39.8 Å². The Bertz CT molecular complexity index is 1030. The van der Waals surface area contributed by atoms with Gasteiger partial charge in [0.1, 0.15) is 5.82 Å². The Morgan fingerprint density at radius 3 is 2.59 bits per heavy atom. The zero-order valence-electron chi connectivity index (χ0n) is 11.8. The normalized spacial score (nSPS) is 11.4. The Morgan fingerprint density at radius 2 is 1.77 bits per heavy atom. The van der Waals surface area contributed by atoms with Crippen LogP contribution in [-0.2, 0) is 7.05 Å². The van der Waals surface area contributed by atoms with Crippen molar-refractivity contribution in [3.8, 4) is 0 Å². The van der Waals surface area contributed by atoms with Gasteiger partial charge in [0.2, 0.25) is 0 Å². The van der Waals surface area contributed by atoms with E-state index in [1.165, 1.54) is 16.7 Å². The number of aryl methyl sites for hydroxylation is 1. The van der Waals surface area contributed by atoms with Gasteiger partial charge in [-0.3, -0.25) is 14.0 Å². The minimum absolute atomic E-state index is 0.0500. The third kappa shape index (κ3) is 1.62. The highest BCUT2D eigenvalue weighted by Gasteiger charge is 2.21. The summed E-state index contributed by atoms with van der Waals surface area (Å²) in [4.78, 5) is 12.9. The fraction of sp³-hybridized carbons (Fsp3) is 0.0588. The second-order valence-electron chi connectivity index (χ2n) is 5.14. The molecular formula is C17H12FN3O. The Balaban J connectivity index is 2.09. The van der Waals surface area contributed by atoms with E-state index in [4.69, 9.17) is 0 Å². The van der Waals surface area contributed by atoms with Gasteiger partial charge in [0.15, 0.2) is 0 Å². The molecule has 0 spiro atoms. The van der Waals surface area contributed by atoms with Crippen LogP contribution in [0.2, 0.25) is 0 Å². The molecule has 108 valence electrons. The quantitative estimate of drug-likeness (QED) is 0.540. The molecule has 0 saturated heterocycles. The molecule has 22 heavy (non-hydrogen) atoms. The molecule has 0 saturated carbocycles. The average Bonchev–Trinajstić information content (AvgIpc) is 3.05. The Hall–Kier alpha value is -2.95. The van der Waals surface area contributed by atoms with Crippen molar-refractivity contribution < 1.29 is 9.18 Å². The highest BCUT2D eigenvalue weighted by Crippen LogP contribution is 2.29. The van der Waals surface area contributed by atoms with E-state index in [9.17, 15) is 9.18 Å². The first-order valence-corrected chi connectivity index (χ1v) is 6.89. The number of rotatable bonds is 1. The molecule has 0 atom stereocenters. The van der Waals surface area contributed by atoms with Crippen LogP contribution in [0.4, 0.5) is 4.39 Å². The molecule has 0 N–H and O–H groups in total. The number of nitrogens with zero attached hydrogens (tertiary/aromatic N) is 3. The third-order valence-corrected chi connectivity index (χ3v) is 3.87. The second kappa shape index (κ2) is 4.53. The monoisotopic (exact) mass is 293 g/mol. The van der Waals surface area contributed by atoms with Gasteiger partial charge >= 0.3 is 0 Å². The van der Waals surface area contributed by atoms with E-state index in [1.54, 1.807) is 23.0 Å². The maximum absolute atomic E-state index is 14.0. The van der Waals surface area contributed by atoms with Gasteiger partial charge in [-0.25, -0.2) is 4.39 Å². The van der Waals surface area contributed by atoms with Crippen molar-refractivity contribution in [2.24, 2.45) is 7.05 Å². The zero-order valence-corrected chi connectivity index (χ0v) is 11.8. The van der Waals surface area contributed by atoms with Crippen molar-refractivity contribution in [2.45, 2.75) is 0 Å². The van der Waals surface area contributed by atoms with Crippen molar-refractivity contribution >= 4 is 27.8 Å². The number of para-hydroxylation sites is 1. The smallest absolute Gasteiger partial charge is 0.265 e. The van der Waals surface area contributed by atoms with Crippen molar-refractivity contribution in [1.82, 2.24) is 14.3 Å². The lowest BCUT2D eigenvalue weighted by Crippen LogP contribution is -2.13. The Labute approximate surface area is 125 Å². The number of halogens is 1. The summed E-state index contributed by atoms with van der Waals surface area (Å²) in [5.74, 6) is -0.917. The molecule has 5 heteroatoms. The summed E-state index contributed by atoms with van der Waals surface area (Å²) in [5.41, 5.74) is 2.34. The summed E-state index contributed by atoms with van der Waals surface area (Å²) >= 11 is 0. The van der Waals surface area contributed by atoms with E-state index in [1.807, 2.05) is 31.3 Å². The average molecular weight is 293 g/mol. The van der Waals surface area contributed by atoms with Crippen LogP contribution < -0.4 is 0 Å². The highest BCUT2D eigenvalue weighted by atomic mass is 19.1. The predicted molar refractivity (Wildman–Crippen MR) is 82.3 cm³/mol. The largest absolute Gasteiger partial charge is 0.272 e. The molecule has 0 aliphatic heterocycles. The van der Waals surface area contributed by atoms with Gasteiger partial charge in [-0.1, -0.05) is 30.3 Å². The van der Waals surface area contributed by atoms with E-state index in [-0.39, 0.29) is 5.56 Å². The molecule has 0 unspecified atom stereocenters. The first-order chi connectivity index (χ1) is 10.7. The molecule has 0 fully saturated rings. The number of fused-ring (bicyclic) bond motifs is 3. The van der Waals surface area contributed by atoms with Gasteiger partial charge in [0.05, 0.1) is 28.3 Å².